The van der Waals surface area contributed by atoms with Gasteiger partial charge >= 0.3 is 0 Å². The van der Waals surface area contributed by atoms with Crippen LogP contribution >= 0.6 is 11.6 Å². The van der Waals surface area contributed by atoms with Crippen molar-refractivity contribution >= 4 is 33.2 Å². The topological polar surface area (TPSA) is 106 Å². The van der Waals surface area contributed by atoms with Crippen molar-refractivity contribution in [3.8, 4) is 11.4 Å². The number of carbonyl (C=O) groups is 1. The number of aromatic nitrogens is 2. The molecule has 0 spiro atoms. The molecule has 1 aliphatic heterocycles. The number of amides is 1. The summed E-state index contributed by atoms with van der Waals surface area (Å²) in [5.74, 6) is 0.118. The number of rotatable bonds is 3. The van der Waals surface area contributed by atoms with Crippen LogP contribution in [0.3, 0.4) is 0 Å². The second-order valence-corrected chi connectivity index (χ2v) is 10.4. The van der Waals surface area contributed by atoms with Gasteiger partial charge in [-0.1, -0.05) is 18.2 Å². The van der Waals surface area contributed by atoms with Gasteiger partial charge in [0.05, 0.1) is 16.5 Å². The van der Waals surface area contributed by atoms with E-state index in [4.69, 9.17) is 17.3 Å². The molecule has 7 nitrogen and oxygen atoms in total. The molecule has 1 amide bonds. The maximum atomic E-state index is 12.8. The van der Waals surface area contributed by atoms with Crippen LogP contribution in [0, 0.1) is 0 Å². The van der Waals surface area contributed by atoms with E-state index in [0.29, 0.717) is 27.8 Å². The first kappa shape index (κ1) is 20.3. The van der Waals surface area contributed by atoms with Gasteiger partial charge in [-0.15, -0.1) is 0 Å². The van der Waals surface area contributed by atoms with Crippen LogP contribution in [0.4, 0.5) is 5.82 Å². The highest BCUT2D eigenvalue weighted by Crippen LogP contribution is 2.37. The number of nitrogens with zero attached hydrogens (tertiary/aromatic N) is 3. The molecule has 3 rings (SSSR count). The van der Waals surface area contributed by atoms with Gasteiger partial charge in [0.25, 0.3) is 0 Å². The van der Waals surface area contributed by atoms with Crippen LogP contribution in [0.25, 0.3) is 11.4 Å². The lowest BCUT2D eigenvalue weighted by Crippen LogP contribution is -2.55. The Balaban J connectivity index is 2.12. The highest BCUT2D eigenvalue weighted by atomic mass is 35.5. The molecule has 0 radical (unpaired) electrons. The highest BCUT2D eigenvalue weighted by Gasteiger charge is 2.46. The number of anilines is 1. The minimum Gasteiger partial charge on any atom is -0.384 e. The summed E-state index contributed by atoms with van der Waals surface area (Å²) >= 11 is 6.29. The molecule has 1 atom stereocenters. The third kappa shape index (κ3) is 3.74. The van der Waals surface area contributed by atoms with Gasteiger partial charge in [-0.3, -0.25) is 4.79 Å². The third-order valence-corrected chi connectivity index (χ3v) is 7.63. The molecular weight excluding hydrogens is 400 g/mol. The molecule has 1 fully saturated rings. The van der Waals surface area contributed by atoms with E-state index in [9.17, 15) is 13.2 Å². The van der Waals surface area contributed by atoms with Gasteiger partial charge in [-0.2, -0.15) is 0 Å². The van der Waals surface area contributed by atoms with Gasteiger partial charge in [-0.25, -0.2) is 18.4 Å². The van der Waals surface area contributed by atoms with Gasteiger partial charge < -0.3 is 10.6 Å². The summed E-state index contributed by atoms with van der Waals surface area (Å²) in [6, 6.07) is 5.93. The van der Waals surface area contributed by atoms with E-state index in [1.54, 1.807) is 38.1 Å². The van der Waals surface area contributed by atoms with E-state index in [-0.39, 0.29) is 18.2 Å². The molecule has 0 bridgehead atoms. The predicted molar refractivity (Wildman–Crippen MR) is 109 cm³/mol. The van der Waals surface area contributed by atoms with Crippen LogP contribution in [0.1, 0.15) is 25.5 Å². The predicted octanol–water partition coefficient (Wildman–Crippen LogP) is 2.64. The molecule has 2 heterocycles. The van der Waals surface area contributed by atoms with E-state index in [2.05, 4.69) is 16.5 Å². The molecule has 1 aromatic carbocycles. The highest BCUT2D eigenvalue weighted by molar-refractivity contribution is 7.92. The van der Waals surface area contributed by atoms with Crippen molar-refractivity contribution < 1.29 is 13.2 Å². The second kappa shape index (κ2) is 7.18. The summed E-state index contributed by atoms with van der Waals surface area (Å²) in [7, 11) is -3.45. The summed E-state index contributed by atoms with van der Waals surface area (Å²) in [5.41, 5.74) is 6.90. The lowest BCUT2D eigenvalue weighted by atomic mass is 10.0. The minimum atomic E-state index is -3.45. The number of hydrogen-bond donors (Lipinski definition) is 1. The molecule has 2 N–H and O–H groups in total. The van der Waals surface area contributed by atoms with E-state index < -0.39 is 20.6 Å². The van der Waals surface area contributed by atoms with Gasteiger partial charge in [0.2, 0.25) is 5.91 Å². The van der Waals surface area contributed by atoms with Crippen molar-refractivity contribution in [2.75, 3.05) is 18.0 Å². The molecular formula is C19H21ClN4O3S. The first-order valence-corrected chi connectivity index (χ1v) is 10.6. The maximum absolute atomic E-state index is 12.8. The summed E-state index contributed by atoms with van der Waals surface area (Å²) in [5, 5.41) is 0.381. The maximum Gasteiger partial charge on any atom is 0.246 e. The number of hydrogen-bond acceptors (Lipinski definition) is 6. The molecule has 1 aromatic heterocycles. The number of benzene rings is 1. The summed E-state index contributed by atoms with van der Waals surface area (Å²) in [4.78, 5) is 22.4. The first-order valence-electron chi connectivity index (χ1n) is 8.59. The summed E-state index contributed by atoms with van der Waals surface area (Å²) < 4.78 is 24.5. The monoisotopic (exact) mass is 420 g/mol. The van der Waals surface area contributed by atoms with Gasteiger partial charge in [0.1, 0.15) is 5.82 Å². The van der Waals surface area contributed by atoms with Crippen molar-refractivity contribution in [3.05, 3.63) is 53.7 Å². The van der Waals surface area contributed by atoms with Crippen molar-refractivity contribution in [3.63, 3.8) is 0 Å². The van der Waals surface area contributed by atoms with Crippen molar-refractivity contribution in [1.82, 2.24) is 14.9 Å². The quantitative estimate of drug-likeness (QED) is 0.765. The number of nitrogens with two attached hydrogens (primary N) is 1. The number of carbonyl (C=O) groups excluding carboxylic acids is 1. The molecule has 1 saturated heterocycles. The zero-order chi connectivity index (χ0) is 20.7. The zero-order valence-corrected chi connectivity index (χ0v) is 17.2. The van der Waals surface area contributed by atoms with Crippen molar-refractivity contribution in [1.29, 1.82) is 0 Å². The number of sulfone groups is 1. The average Bonchev–Trinajstić information content (AvgIpc) is 2.62. The molecule has 2 aromatic rings. The largest absolute Gasteiger partial charge is 0.384 e. The third-order valence-electron chi connectivity index (χ3n) is 4.84. The Bertz CT molecular complexity index is 1050. The fraction of sp³-hybridized carbons (Fsp3) is 0.316. The van der Waals surface area contributed by atoms with Crippen LogP contribution in [0.15, 0.2) is 43.1 Å². The van der Waals surface area contributed by atoms with E-state index >= 15 is 0 Å². The first-order chi connectivity index (χ1) is 13.0. The Morgan fingerprint density at radius 3 is 2.75 bits per heavy atom. The van der Waals surface area contributed by atoms with E-state index in [1.165, 1.54) is 17.2 Å². The fourth-order valence-electron chi connectivity index (χ4n) is 3.21. The van der Waals surface area contributed by atoms with E-state index in [1.807, 2.05) is 0 Å². The molecule has 148 valence electrons. The zero-order valence-electron chi connectivity index (χ0n) is 15.6. The van der Waals surface area contributed by atoms with Crippen LogP contribution in [-0.4, -0.2) is 46.2 Å². The smallest absolute Gasteiger partial charge is 0.246 e. The SMILES string of the molecule is C=CC(=O)N1CC(C)(C)S(=O)(=O)CC1c1cc(Cl)cc(-c2nccc(N)n2)c1. The van der Waals surface area contributed by atoms with Gasteiger partial charge in [0, 0.05) is 23.3 Å². The van der Waals surface area contributed by atoms with E-state index in [0.717, 1.165) is 0 Å². The lowest BCUT2D eigenvalue weighted by Gasteiger charge is -2.43. The number of halogens is 1. The second-order valence-electron chi connectivity index (χ2n) is 7.31. The van der Waals surface area contributed by atoms with Crippen molar-refractivity contribution in [2.45, 2.75) is 24.6 Å². The Hall–Kier alpha value is -2.45. The summed E-state index contributed by atoms with van der Waals surface area (Å²) in [6.45, 7) is 6.83. The Kier molecular flexibility index (Phi) is 5.20. The molecule has 28 heavy (non-hydrogen) atoms. The molecule has 1 aliphatic rings. The van der Waals surface area contributed by atoms with Crippen LogP contribution in [0.5, 0.6) is 0 Å². The Morgan fingerprint density at radius 1 is 1.39 bits per heavy atom. The Morgan fingerprint density at radius 2 is 2.11 bits per heavy atom. The molecule has 0 aliphatic carbocycles. The number of nitrogen functional groups attached to an aromatic ring is 1. The van der Waals surface area contributed by atoms with Crippen LogP contribution in [-0.2, 0) is 14.6 Å². The summed E-state index contributed by atoms with van der Waals surface area (Å²) in [6.07, 6.45) is 2.72. The van der Waals surface area contributed by atoms with Crippen LogP contribution in [0.2, 0.25) is 5.02 Å². The standard InChI is InChI=1S/C19H21ClN4O3S/c1-4-17(25)24-11-19(2,3)28(26,27)10-15(24)12-7-13(9-14(20)8-12)18-22-6-5-16(21)23-18/h4-9,15H,1,10-11H2,2-3H3,(H2,21,22,23). The van der Waals surface area contributed by atoms with Gasteiger partial charge in [-0.05, 0) is 49.8 Å². The van der Waals surface area contributed by atoms with Crippen LogP contribution < -0.4 is 5.73 Å². The normalized spacial score (nSPS) is 20.5. The minimum absolute atomic E-state index is 0.0570. The van der Waals surface area contributed by atoms with Gasteiger partial charge in [0.15, 0.2) is 15.7 Å². The molecule has 9 heteroatoms. The Labute approximate surface area is 169 Å². The molecule has 0 saturated carbocycles. The fourth-order valence-corrected chi connectivity index (χ4v) is 5.03. The lowest BCUT2D eigenvalue weighted by molar-refractivity contribution is -0.128. The average molecular weight is 421 g/mol. The molecule has 1 unspecified atom stereocenters. The van der Waals surface area contributed by atoms with Crippen molar-refractivity contribution in [2.24, 2.45) is 0 Å².